The van der Waals surface area contributed by atoms with Crippen molar-refractivity contribution in [3.05, 3.63) is 69.8 Å². The van der Waals surface area contributed by atoms with Crippen molar-refractivity contribution < 1.29 is 33.0 Å². The van der Waals surface area contributed by atoms with Gasteiger partial charge in [-0.15, -0.1) is 4.91 Å². The van der Waals surface area contributed by atoms with Crippen molar-refractivity contribution in [2.75, 3.05) is 0 Å². The molecule has 3 N–H and O–H groups in total. The van der Waals surface area contributed by atoms with Crippen molar-refractivity contribution >= 4 is 23.3 Å². The summed E-state index contributed by atoms with van der Waals surface area (Å²) in [5, 5.41) is 30.1. The Morgan fingerprint density at radius 1 is 1.12 bits per heavy atom. The van der Waals surface area contributed by atoms with E-state index < -0.39 is 29.3 Å². The normalized spacial score (nSPS) is 11.9. The summed E-state index contributed by atoms with van der Waals surface area (Å²) in [6, 6.07) is 7.33. The van der Waals surface area contributed by atoms with Gasteiger partial charge in [0, 0.05) is 18.2 Å². The van der Waals surface area contributed by atoms with E-state index >= 15 is 0 Å². The molecule has 1 aromatic heterocycles. The second-order valence-corrected chi connectivity index (χ2v) is 7.01. The highest BCUT2D eigenvalue weighted by Crippen LogP contribution is 2.35. The van der Waals surface area contributed by atoms with Gasteiger partial charge in [-0.3, -0.25) is 9.48 Å². The lowest BCUT2D eigenvalue weighted by molar-refractivity contribution is -0.137. The van der Waals surface area contributed by atoms with Crippen LogP contribution in [-0.2, 0) is 13.2 Å². The van der Waals surface area contributed by atoms with Crippen molar-refractivity contribution in [3.8, 4) is 17.0 Å². The Labute approximate surface area is 189 Å². The number of aromatic nitrogens is 2. The van der Waals surface area contributed by atoms with Crippen LogP contribution in [-0.4, -0.2) is 37.6 Å². The van der Waals surface area contributed by atoms with Crippen molar-refractivity contribution in [1.29, 1.82) is 0 Å². The van der Waals surface area contributed by atoms with Crippen LogP contribution >= 0.6 is 0 Å². The highest BCUT2D eigenvalue weighted by molar-refractivity contribution is 6.03. The average molecular weight is 475 g/mol. The Hall–Kier alpha value is -4.55. The van der Waals surface area contributed by atoms with Crippen molar-refractivity contribution in [2.24, 2.45) is 17.3 Å². The zero-order valence-corrected chi connectivity index (χ0v) is 17.6. The van der Waals surface area contributed by atoms with E-state index in [1.165, 1.54) is 36.9 Å². The predicted molar refractivity (Wildman–Crippen MR) is 114 cm³/mol. The average Bonchev–Trinajstić information content (AvgIpc) is 3.09. The van der Waals surface area contributed by atoms with Crippen molar-refractivity contribution in [1.82, 2.24) is 15.2 Å². The molecule has 1 heterocycles. The summed E-state index contributed by atoms with van der Waals surface area (Å²) < 4.78 is 39.6. The minimum atomic E-state index is -4.50. The molecule has 0 bridgehead atoms. The number of alkyl halides is 3. The molecule has 176 valence electrons. The fourth-order valence-corrected chi connectivity index (χ4v) is 3.08. The Balaban J connectivity index is 1.85. The number of halogens is 3. The topological polar surface area (TPSA) is 146 Å². The molecule has 0 aliphatic heterocycles. The number of carboxylic acid groups (broad SMARTS) is 1. The molecule has 3 rings (SSSR count). The number of nitroso groups, excluding NO2 is 1. The number of rotatable bonds is 6. The van der Waals surface area contributed by atoms with Gasteiger partial charge in [0.25, 0.3) is 5.91 Å². The first-order valence-corrected chi connectivity index (χ1v) is 9.43. The number of nitrogens with one attached hydrogen (secondary N) is 1. The Bertz CT molecular complexity index is 1310. The maximum atomic E-state index is 12.8. The first-order valence-electron chi connectivity index (χ1n) is 9.43. The highest BCUT2D eigenvalue weighted by Gasteiger charge is 2.30. The number of aryl methyl sites for hydroxylation is 1. The number of hydrogen-bond donors (Lipinski definition) is 3. The SMILES string of the molecule is CC(=NNC(=O)c1ccc(C(=O)O)c(N=O)c1)c1nn(C)c(-c2ccc(C(F)(F)F)cc2)c1O. The van der Waals surface area contributed by atoms with E-state index in [9.17, 15) is 32.8 Å². The number of aromatic carboxylic acids is 1. The van der Waals surface area contributed by atoms with E-state index in [1.54, 1.807) is 0 Å². The lowest BCUT2D eigenvalue weighted by atomic mass is 10.1. The minimum absolute atomic E-state index is 0.0332. The number of benzene rings is 2. The summed E-state index contributed by atoms with van der Waals surface area (Å²) in [7, 11) is 1.47. The summed E-state index contributed by atoms with van der Waals surface area (Å²) in [5.41, 5.74) is 0.880. The molecule has 0 saturated carbocycles. The number of hydrazone groups is 1. The van der Waals surface area contributed by atoms with Gasteiger partial charge in [-0.05, 0) is 42.4 Å². The molecule has 0 radical (unpaired) electrons. The summed E-state index contributed by atoms with van der Waals surface area (Å²) in [6.45, 7) is 1.42. The Morgan fingerprint density at radius 2 is 1.76 bits per heavy atom. The summed E-state index contributed by atoms with van der Waals surface area (Å²) >= 11 is 0. The zero-order valence-electron chi connectivity index (χ0n) is 17.6. The van der Waals surface area contributed by atoms with Gasteiger partial charge in [-0.2, -0.15) is 23.4 Å². The summed E-state index contributed by atoms with van der Waals surface area (Å²) in [6.07, 6.45) is -4.50. The fourth-order valence-electron chi connectivity index (χ4n) is 3.08. The molecule has 0 spiro atoms. The predicted octanol–water partition coefficient (Wildman–Crippen LogP) is 4.06. The van der Waals surface area contributed by atoms with Crippen LogP contribution in [0.3, 0.4) is 0 Å². The number of amides is 1. The van der Waals surface area contributed by atoms with E-state index in [0.717, 1.165) is 24.3 Å². The third-order valence-corrected chi connectivity index (χ3v) is 4.76. The van der Waals surface area contributed by atoms with Gasteiger partial charge in [0.2, 0.25) is 0 Å². The van der Waals surface area contributed by atoms with Crippen LogP contribution in [0.1, 0.15) is 38.9 Å². The molecule has 0 aliphatic rings. The molecule has 1 amide bonds. The molecule has 0 saturated heterocycles. The lowest BCUT2D eigenvalue weighted by Crippen LogP contribution is -2.19. The largest absolute Gasteiger partial charge is 0.504 e. The second kappa shape index (κ2) is 9.13. The monoisotopic (exact) mass is 475 g/mol. The third-order valence-electron chi connectivity index (χ3n) is 4.76. The van der Waals surface area contributed by atoms with Gasteiger partial charge in [-0.25, -0.2) is 10.2 Å². The Kier molecular flexibility index (Phi) is 6.47. The number of carboxylic acids is 1. The van der Waals surface area contributed by atoms with Gasteiger partial charge in [0.15, 0.2) is 11.4 Å². The smallest absolute Gasteiger partial charge is 0.416 e. The second-order valence-electron chi connectivity index (χ2n) is 7.01. The van der Waals surface area contributed by atoms with Crippen molar-refractivity contribution in [2.45, 2.75) is 13.1 Å². The van der Waals surface area contributed by atoms with Crippen LogP contribution in [0.25, 0.3) is 11.3 Å². The van der Waals surface area contributed by atoms with Crippen LogP contribution in [0.2, 0.25) is 0 Å². The van der Waals surface area contributed by atoms with Crippen LogP contribution in [0.15, 0.2) is 52.7 Å². The molecule has 0 fully saturated rings. The lowest BCUT2D eigenvalue weighted by Gasteiger charge is -2.08. The molecule has 34 heavy (non-hydrogen) atoms. The van der Waals surface area contributed by atoms with Crippen molar-refractivity contribution in [3.63, 3.8) is 0 Å². The van der Waals surface area contributed by atoms with E-state index in [4.69, 9.17) is 5.11 Å². The van der Waals surface area contributed by atoms with Crippen LogP contribution in [0.5, 0.6) is 5.75 Å². The molecular weight excluding hydrogens is 459 g/mol. The number of hydrogen-bond acceptors (Lipinski definition) is 7. The fraction of sp³-hybridized carbons (Fsp3) is 0.143. The van der Waals surface area contributed by atoms with Gasteiger partial charge in [0.1, 0.15) is 11.4 Å². The molecule has 3 aromatic rings. The van der Waals surface area contributed by atoms with Gasteiger partial charge in [-0.1, -0.05) is 12.1 Å². The van der Waals surface area contributed by atoms with Gasteiger partial charge in [0.05, 0.1) is 16.8 Å². The van der Waals surface area contributed by atoms with Crippen LogP contribution < -0.4 is 5.43 Å². The van der Waals surface area contributed by atoms with Crippen LogP contribution in [0, 0.1) is 4.91 Å². The molecular formula is C21H16F3N5O5. The standard InChI is InChI=1S/C21H16F3N5O5/c1-10(25-26-19(31)12-5-8-14(20(32)33)15(9-12)28-34)16-18(30)17(29(2)27-16)11-3-6-13(7-4-11)21(22,23)24/h3-9,30H,1-2H3,(H,26,31)(H,32,33). The quantitative estimate of drug-likeness (QED) is 0.278. The molecule has 13 heteroatoms. The Morgan fingerprint density at radius 3 is 2.32 bits per heavy atom. The molecule has 0 aliphatic carbocycles. The van der Waals surface area contributed by atoms with E-state index in [-0.39, 0.29) is 39.5 Å². The summed E-state index contributed by atoms with van der Waals surface area (Å²) in [5.74, 6) is -2.54. The zero-order chi connectivity index (χ0) is 25.2. The van der Waals surface area contributed by atoms with E-state index in [2.05, 4.69) is 20.8 Å². The van der Waals surface area contributed by atoms with Crippen LogP contribution in [0.4, 0.5) is 18.9 Å². The molecule has 2 aromatic carbocycles. The molecule has 10 nitrogen and oxygen atoms in total. The molecule has 0 unspecified atom stereocenters. The molecule has 0 atom stereocenters. The number of carbonyl (C=O) groups excluding carboxylic acids is 1. The third kappa shape index (κ3) is 4.77. The minimum Gasteiger partial charge on any atom is -0.504 e. The van der Waals surface area contributed by atoms with Gasteiger partial charge >= 0.3 is 12.1 Å². The first kappa shape index (κ1) is 24.1. The summed E-state index contributed by atoms with van der Waals surface area (Å²) in [4.78, 5) is 34.2. The highest BCUT2D eigenvalue weighted by atomic mass is 19.4. The number of aromatic hydroxyl groups is 1. The maximum Gasteiger partial charge on any atom is 0.416 e. The van der Waals surface area contributed by atoms with Gasteiger partial charge < -0.3 is 10.2 Å². The first-order chi connectivity index (χ1) is 15.9. The number of nitrogens with zero attached hydrogens (tertiary/aromatic N) is 4. The maximum absolute atomic E-state index is 12.8. The number of carbonyl (C=O) groups is 2. The van der Waals surface area contributed by atoms with E-state index in [1.807, 2.05) is 0 Å². The van der Waals surface area contributed by atoms with E-state index in [0.29, 0.717) is 0 Å².